The van der Waals surface area contributed by atoms with Gasteiger partial charge in [-0.2, -0.15) is 4.31 Å². The summed E-state index contributed by atoms with van der Waals surface area (Å²) in [4.78, 5) is -0.180. The Morgan fingerprint density at radius 3 is 2.55 bits per heavy atom. The minimum Gasteiger partial charge on any atom is -0.396 e. The molecule has 0 aromatic heterocycles. The van der Waals surface area contributed by atoms with Crippen molar-refractivity contribution in [2.24, 2.45) is 5.92 Å². The highest BCUT2D eigenvalue weighted by Crippen LogP contribution is 2.30. The molecule has 1 aliphatic rings. The average Bonchev–Trinajstić information content (AvgIpc) is 2.42. The Bertz CT molecular complexity index is 601. The van der Waals surface area contributed by atoms with Crippen LogP contribution in [-0.2, 0) is 10.0 Å². The first-order valence-electron chi connectivity index (χ1n) is 6.21. The molecule has 8 heteroatoms. The second-order valence-corrected chi connectivity index (χ2v) is 7.15. The number of hydrogen-bond donors (Lipinski definition) is 2. The number of piperidine rings is 1. The van der Waals surface area contributed by atoms with Crippen LogP contribution in [0.15, 0.2) is 17.0 Å². The van der Waals surface area contributed by atoms with Crippen molar-refractivity contribution in [2.75, 3.05) is 25.4 Å². The van der Waals surface area contributed by atoms with Crippen molar-refractivity contribution >= 4 is 27.3 Å². The van der Waals surface area contributed by atoms with Crippen molar-refractivity contribution in [3.63, 3.8) is 0 Å². The largest absolute Gasteiger partial charge is 0.396 e. The third-order valence-corrected chi connectivity index (χ3v) is 5.86. The summed E-state index contributed by atoms with van der Waals surface area (Å²) in [5.74, 6) is -0.622. The van der Waals surface area contributed by atoms with Crippen LogP contribution in [0.3, 0.4) is 0 Å². The van der Waals surface area contributed by atoms with E-state index in [0.717, 1.165) is 12.1 Å². The topological polar surface area (TPSA) is 83.6 Å². The van der Waals surface area contributed by atoms with E-state index in [1.54, 1.807) is 0 Å². The zero-order chi connectivity index (χ0) is 14.9. The van der Waals surface area contributed by atoms with E-state index in [1.165, 1.54) is 4.31 Å². The number of nitrogens with two attached hydrogens (primary N) is 1. The number of rotatable bonds is 3. The van der Waals surface area contributed by atoms with Crippen LogP contribution in [0.5, 0.6) is 0 Å². The fourth-order valence-corrected chi connectivity index (χ4v) is 4.21. The first-order valence-corrected chi connectivity index (χ1v) is 8.03. The Morgan fingerprint density at radius 2 is 2.00 bits per heavy atom. The van der Waals surface area contributed by atoms with Gasteiger partial charge < -0.3 is 10.8 Å². The average molecular weight is 323 g/mol. The predicted octanol–water partition coefficient (Wildman–Crippen LogP) is 1.45. The van der Waals surface area contributed by atoms with Gasteiger partial charge in [-0.25, -0.2) is 12.8 Å². The first kappa shape index (κ1) is 15.5. The van der Waals surface area contributed by atoms with Gasteiger partial charge in [0.25, 0.3) is 0 Å². The zero-order valence-corrected chi connectivity index (χ0v) is 12.3. The number of anilines is 1. The lowest BCUT2D eigenvalue weighted by atomic mass is 10.00. The molecule has 5 nitrogen and oxygen atoms in total. The smallest absolute Gasteiger partial charge is 0.244 e. The molecule has 0 saturated carbocycles. The third-order valence-electron chi connectivity index (χ3n) is 3.50. The number of aliphatic hydroxyl groups is 1. The van der Waals surface area contributed by atoms with E-state index in [1.807, 2.05) is 0 Å². The second-order valence-electron chi connectivity index (χ2n) is 4.83. The number of aliphatic hydroxyl groups excluding tert-OH is 1. The molecule has 1 aromatic rings. The maximum absolute atomic E-state index is 13.2. The van der Waals surface area contributed by atoms with Gasteiger partial charge in [-0.05, 0) is 30.9 Å². The number of nitrogen functional groups attached to an aromatic ring is 1. The van der Waals surface area contributed by atoms with Crippen LogP contribution in [0.25, 0.3) is 0 Å². The van der Waals surface area contributed by atoms with E-state index >= 15 is 0 Å². The summed E-state index contributed by atoms with van der Waals surface area (Å²) in [6, 6.07) is 1.95. The minimum atomic E-state index is -3.79. The molecule has 0 amide bonds. The lowest BCUT2D eigenvalue weighted by Gasteiger charge is -2.30. The Balaban J connectivity index is 2.30. The molecule has 3 N–H and O–H groups in total. The first-order chi connectivity index (χ1) is 9.36. The molecule has 0 aliphatic carbocycles. The number of hydrogen-bond acceptors (Lipinski definition) is 4. The van der Waals surface area contributed by atoms with Crippen LogP contribution >= 0.6 is 11.6 Å². The summed E-state index contributed by atoms with van der Waals surface area (Å²) in [7, 11) is -3.79. The van der Waals surface area contributed by atoms with Gasteiger partial charge in [0.05, 0.1) is 10.7 Å². The number of benzene rings is 1. The number of nitrogens with zero attached hydrogens (tertiary/aromatic N) is 1. The predicted molar refractivity (Wildman–Crippen MR) is 74.4 cm³/mol. The third kappa shape index (κ3) is 2.90. The van der Waals surface area contributed by atoms with Crippen molar-refractivity contribution in [3.05, 3.63) is 23.0 Å². The molecule has 0 unspecified atom stereocenters. The molecular formula is C12H16ClFN2O3S. The van der Waals surface area contributed by atoms with Crippen LogP contribution in [0.2, 0.25) is 5.02 Å². The summed E-state index contributed by atoms with van der Waals surface area (Å²) in [5, 5.41) is 8.88. The molecule has 0 spiro atoms. The Labute approximate surface area is 122 Å². The standard InChI is InChI=1S/C12H16ClFN2O3S/c13-9-5-10(14)11(15)6-12(9)20(18,19)16-3-1-8(7-17)2-4-16/h5-6,8,17H,1-4,7,15H2. The quantitative estimate of drug-likeness (QED) is 0.825. The van der Waals surface area contributed by atoms with Crippen molar-refractivity contribution in [3.8, 4) is 0 Å². The van der Waals surface area contributed by atoms with Crippen LogP contribution < -0.4 is 5.73 Å². The second kappa shape index (κ2) is 5.85. The van der Waals surface area contributed by atoms with Gasteiger partial charge in [0.15, 0.2) is 0 Å². The van der Waals surface area contributed by atoms with Crippen molar-refractivity contribution in [1.29, 1.82) is 0 Å². The summed E-state index contributed by atoms with van der Waals surface area (Å²) < 4.78 is 39.5. The maximum Gasteiger partial charge on any atom is 0.244 e. The highest BCUT2D eigenvalue weighted by atomic mass is 35.5. The van der Waals surface area contributed by atoms with Gasteiger partial charge in [-0.15, -0.1) is 0 Å². The van der Waals surface area contributed by atoms with E-state index in [0.29, 0.717) is 25.9 Å². The SMILES string of the molecule is Nc1cc(S(=O)(=O)N2CCC(CO)CC2)c(Cl)cc1F. The molecule has 0 atom stereocenters. The van der Waals surface area contributed by atoms with Gasteiger partial charge in [-0.1, -0.05) is 11.6 Å². The Hall–Kier alpha value is -0.890. The summed E-state index contributed by atoms with van der Waals surface area (Å²) in [5.41, 5.74) is 5.16. The van der Waals surface area contributed by atoms with Crippen molar-refractivity contribution in [1.82, 2.24) is 4.31 Å². The fourth-order valence-electron chi connectivity index (χ4n) is 2.21. The minimum absolute atomic E-state index is 0.0537. The Morgan fingerprint density at radius 1 is 1.40 bits per heavy atom. The lowest BCUT2D eigenvalue weighted by molar-refractivity contribution is 0.170. The lowest BCUT2D eigenvalue weighted by Crippen LogP contribution is -2.39. The van der Waals surface area contributed by atoms with Crippen molar-refractivity contribution in [2.45, 2.75) is 17.7 Å². The van der Waals surface area contributed by atoms with Gasteiger partial charge in [0.2, 0.25) is 10.0 Å². The van der Waals surface area contributed by atoms with Crippen LogP contribution in [-0.4, -0.2) is 37.5 Å². The molecule has 1 aromatic carbocycles. The highest BCUT2D eigenvalue weighted by Gasteiger charge is 2.31. The zero-order valence-electron chi connectivity index (χ0n) is 10.7. The number of sulfonamides is 1. The molecule has 1 heterocycles. The van der Waals surface area contributed by atoms with E-state index in [2.05, 4.69) is 0 Å². The van der Waals surface area contributed by atoms with Crippen LogP contribution in [0.1, 0.15) is 12.8 Å². The van der Waals surface area contributed by atoms with Crippen LogP contribution in [0.4, 0.5) is 10.1 Å². The molecule has 1 fully saturated rings. The van der Waals surface area contributed by atoms with Gasteiger partial charge in [0, 0.05) is 19.7 Å². The fraction of sp³-hybridized carbons (Fsp3) is 0.500. The number of halogens is 2. The molecule has 2 rings (SSSR count). The molecule has 0 radical (unpaired) electrons. The van der Waals surface area contributed by atoms with Gasteiger partial charge >= 0.3 is 0 Å². The van der Waals surface area contributed by atoms with Crippen LogP contribution in [0, 0.1) is 11.7 Å². The molecule has 0 bridgehead atoms. The maximum atomic E-state index is 13.2. The molecule has 20 heavy (non-hydrogen) atoms. The van der Waals surface area contributed by atoms with E-state index in [-0.39, 0.29) is 28.1 Å². The van der Waals surface area contributed by atoms with E-state index in [4.69, 9.17) is 22.4 Å². The monoisotopic (exact) mass is 322 g/mol. The van der Waals surface area contributed by atoms with E-state index in [9.17, 15) is 12.8 Å². The van der Waals surface area contributed by atoms with E-state index < -0.39 is 15.8 Å². The van der Waals surface area contributed by atoms with Gasteiger partial charge in [-0.3, -0.25) is 0 Å². The molecule has 112 valence electrons. The van der Waals surface area contributed by atoms with Gasteiger partial charge in [0.1, 0.15) is 10.7 Å². The normalized spacial score (nSPS) is 18.4. The summed E-state index contributed by atoms with van der Waals surface area (Å²) >= 11 is 5.82. The molecular weight excluding hydrogens is 307 g/mol. The summed E-state index contributed by atoms with van der Waals surface area (Å²) in [6.45, 7) is 0.667. The molecule has 1 aliphatic heterocycles. The molecule has 1 saturated heterocycles. The van der Waals surface area contributed by atoms with Crippen molar-refractivity contribution < 1.29 is 17.9 Å². The summed E-state index contributed by atoms with van der Waals surface area (Å²) in [6.07, 6.45) is 1.17. The Kier molecular flexibility index (Phi) is 4.53. The highest BCUT2D eigenvalue weighted by molar-refractivity contribution is 7.89.